The Morgan fingerprint density at radius 1 is 1.58 bits per heavy atom. The molecule has 1 fully saturated rings. The number of aromatic nitrogens is 1. The first-order valence-corrected chi connectivity index (χ1v) is 6.60. The maximum absolute atomic E-state index is 10.0. The lowest BCUT2D eigenvalue weighted by Gasteiger charge is -2.22. The first-order valence-electron chi connectivity index (χ1n) is 6.60. The van der Waals surface area contributed by atoms with Gasteiger partial charge in [0.15, 0.2) is 0 Å². The van der Waals surface area contributed by atoms with Gasteiger partial charge in [0.1, 0.15) is 5.82 Å². The summed E-state index contributed by atoms with van der Waals surface area (Å²) >= 11 is 0. The molecule has 0 saturated heterocycles. The van der Waals surface area contributed by atoms with Crippen molar-refractivity contribution in [1.29, 1.82) is 0 Å². The number of rotatable bonds is 4. The van der Waals surface area contributed by atoms with Crippen LogP contribution in [0.2, 0.25) is 0 Å². The summed E-state index contributed by atoms with van der Waals surface area (Å²) in [6.45, 7) is 11.8. The average molecular weight is 263 g/mol. The van der Waals surface area contributed by atoms with E-state index in [-0.39, 0.29) is 5.54 Å². The van der Waals surface area contributed by atoms with Crippen molar-refractivity contribution in [2.75, 3.05) is 5.73 Å². The third-order valence-corrected chi connectivity index (χ3v) is 3.58. The highest BCUT2D eigenvalue weighted by atomic mass is 16.1. The second-order valence-corrected chi connectivity index (χ2v) is 5.75. The Bertz CT molecular complexity index is 456. The molecule has 0 bridgehead atoms. The number of nitrogens with two attached hydrogens (primary N) is 1. The van der Waals surface area contributed by atoms with Crippen LogP contribution in [-0.2, 0) is 4.79 Å². The SMILES string of the molecule is C=C(C)n1ccc(C)c1N.CC(C)(NC=O)C1CC1. The molecule has 1 amide bonds. The van der Waals surface area contributed by atoms with Crippen molar-refractivity contribution < 1.29 is 4.79 Å². The van der Waals surface area contributed by atoms with Gasteiger partial charge in [-0.25, -0.2) is 0 Å². The van der Waals surface area contributed by atoms with Crippen LogP contribution in [0.15, 0.2) is 18.8 Å². The van der Waals surface area contributed by atoms with Gasteiger partial charge in [0.25, 0.3) is 0 Å². The predicted octanol–water partition coefficient (Wildman–Crippen LogP) is 2.79. The summed E-state index contributed by atoms with van der Waals surface area (Å²) in [5.41, 5.74) is 7.80. The van der Waals surface area contributed by atoms with Crippen molar-refractivity contribution in [3.8, 4) is 0 Å². The zero-order valence-electron chi connectivity index (χ0n) is 12.4. The molecule has 1 aliphatic carbocycles. The number of nitrogens with zero attached hydrogens (tertiary/aromatic N) is 1. The van der Waals surface area contributed by atoms with E-state index in [9.17, 15) is 4.79 Å². The van der Waals surface area contributed by atoms with Crippen molar-refractivity contribution in [2.24, 2.45) is 5.92 Å². The average Bonchev–Trinajstić information content (AvgIpc) is 3.09. The number of amides is 1. The predicted molar refractivity (Wildman–Crippen MR) is 80.6 cm³/mol. The second kappa shape index (κ2) is 5.95. The monoisotopic (exact) mass is 263 g/mol. The van der Waals surface area contributed by atoms with E-state index in [1.165, 1.54) is 12.8 Å². The molecule has 0 spiro atoms. The van der Waals surface area contributed by atoms with Crippen LogP contribution in [0.3, 0.4) is 0 Å². The second-order valence-electron chi connectivity index (χ2n) is 5.75. The molecule has 0 aliphatic heterocycles. The van der Waals surface area contributed by atoms with E-state index in [4.69, 9.17) is 5.73 Å². The lowest BCUT2D eigenvalue weighted by atomic mass is 10.00. The molecule has 1 aromatic rings. The summed E-state index contributed by atoms with van der Waals surface area (Å²) in [6.07, 6.45) is 5.26. The molecule has 0 radical (unpaired) electrons. The van der Waals surface area contributed by atoms with Crippen molar-refractivity contribution in [2.45, 2.75) is 46.1 Å². The van der Waals surface area contributed by atoms with Crippen LogP contribution >= 0.6 is 0 Å². The van der Waals surface area contributed by atoms with Gasteiger partial charge in [-0.3, -0.25) is 4.79 Å². The molecular weight excluding hydrogens is 238 g/mol. The molecule has 3 N–H and O–H groups in total. The first-order chi connectivity index (χ1) is 8.79. The molecule has 0 unspecified atom stereocenters. The molecule has 4 heteroatoms. The van der Waals surface area contributed by atoms with Gasteiger partial charge in [-0.1, -0.05) is 6.58 Å². The summed E-state index contributed by atoms with van der Waals surface area (Å²) in [5.74, 6) is 1.51. The van der Waals surface area contributed by atoms with Gasteiger partial charge >= 0.3 is 0 Å². The van der Waals surface area contributed by atoms with Gasteiger partial charge in [-0.05, 0) is 58.1 Å². The van der Waals surface area contributed by atoms with Gasteiger partial charge < -0.3 is 15.6 Å². The van der Waals surface area contributed by atoms with Gasteiger partial charge in [0.2, 0.25) is 6.41 Å². The molecule has 1 saturated carbocycles. The van der Waals surface area contributed by atoms with Crippen LogP contribution in [0.1, 0.15) is 39.2 Å². The minimum atomic E-state index is 0.0434. The Balaban J connectivity index is 0.000000191. The van der Waals surface area contributed by atoms with Crippen molar-refractivity contribution in [3.63, 3.8) is 0 Å². The number of nitrogens with one attached hydrogen (secondary N) is 1. The zero-order valence-corrected chi connectivity index (χ0v) is 12.4. The Kier molecular flexibility index (Phi) is 4.81. The molecule has 1 aromatic heterocycles. The highest BCUT2D eigenvalue weighted by Gasteiger charge is 2.37. The van der Waals surface area contributed by atoms with E-state index in [0.717, 1.165) is 29.4 Å². The topological polar surface area (TPSA) is 60.0 Å². The zero-order chi connectivity index (χ0) is 14.6. The molecule has 19 heavy (non-hydrogen) atoms. The fourth-order valence-corrected chi connectivity index (χ4v) is 1.95. The molecule has 106 valence electrons. The number of nitrogen functional groups attached to an aromatic ring is 1. The maximum atomic E-state index is 10.0. The summed E-state index contributed by atoms with van der Waals surface area (Å²) < 4.78 is 1.87. The summed E-state index contributed by atoms with van der Waals surface area (Å²) in [7, 11) is 0. The van der Waals surface area contributed by atoms with Crippen LogP contribution in [-0.4, -0.2) is 16.5 Å². The van der Waals surface area contributed by atoms with Crippen molar-refractivity contribution in [3.05, 3.63) is 24.4 Å². The van der Waals surface area contributed by atoms with Crippen molar-refractivity contribution in [1.82, 2.24) is 9.88 Å². The standard InChI is InChI=1S/C8H12N2.C7H13NO/c1-6(2)10-5-4-7(3)8(10)9;1-7(2,8-5-9)6-3-4-6/h4-5H,1,9H2,2-3H3;5-6H,3-4H2,1-2H3,(H,8,9). The Morgan fingerprint density at radius 2 is 2.16 bits per heavy atom. The highest BCUT2D eigenvalue weighted by molar-refractivity contribution is 5.53. The van der Waals surface area contributed by atoms with Crippen LogP contribution in [0, 0.1) is 12.8 Å². The van der Waals surface area contributed by atoms with E-state index in [1.807, 2.05) is 30.7 Å². The first kappa shape index (κ1) is 15.3. The van der Waals surface area contributed by atoms with Gasteiger partial charge in [0, 0.05) is 17.4 Å². The molecule has 0 atom stereocenters. The third kappa shape index (κ3) is 4.16. The fourth-order valence-electron chi connectivity index (χ4n) is 1.95. The van der Waals surface area contributed by atoms with Gasteiger partial charge in [-0.2, -0.15) is 0 Å². The van der Waals surface area contributed by atoms with Crippen LogP contribution in [0.5, 0.6) is 0 Å². The summed E-state index contributed by atoms with van der Waals surface area (Å²) in [5, 5.41) is 2.80. The molecule has 1 heterocycles. The Morgan fingerprint density at radius 3 is 2.42 bits per heavy atom. The van der Waals surface area contributed by atoms with Crippen LogP contribution in [0.4, 0.5) is 5.82 Å². The van der Waals surface area contributed by atoms with Crippen LogP contribution < -0.4 is 11.1 Å². The smallest absolute Gasteiger partial charge is 0.207 e. The number of carbonyl (C=O) groups excluding carboxylic acids is 1. The lowest BCUT2D eigenvalue weighted by molar-refractivity contribution is -0.111. The van der Waals surface area contributed by atoms with E-state index in [1.54, 1.807) is 0 Å². The third-order valence-electron chi connectivity index (χ3n) is 3.58. The molecular formula is C15H25N3O. The number of hydrogen-bond acceptors (Lipinski definition) is 2. The van der Waals surface area contributed by atoms with E-state index in [0.29, 0.717) is 0 Å². The number of allylic oxidation sites excluding steroid dienone is 1. The fraction of sp³-hybridized carbons (Fsp3) is 0.533. The van der Waals surface area contributed by atoms with E-state index >= 15 is 0 Å². The number of anilines is 1. The van der Waals surface area contributed by atoms with Gasteiger partial charge in [0.05, 0.1) is 0 Å². The Hall–Kier alpha value is -1.71. The van der Waals surface area contributed by atoms with E-state index in [2.05, 4.69) is 25.7 Å². The highest BCUT2D eigenvalue weighted by Crippen LogP contribution is 2.38. The van der Waals surface area contributed by atoms with Crippen molar-refractivity contribution >= 4 is 17.9 Å². The van der Waals surface area contributed by atoms with E-state index < -0.39 is 0 Å². The quantitative estimate of drug-likeness (QED) is 0.821. The summed E-state index contributed by atoms with van der Waals surface area (Å²) in [4.78, 5) is 10.0. The summed E-state index contributed by atoms with van der Waals surface area (Å²) in [6, 6.07) is 1.98. The van der Waals surface area contributed by atoms with Crippen LogP contribution in [0.25, 0.3) is 5.70 Å². The molecule has 1 aliphatic rings. The maximum Gasteiger partial charge on any atom is 0.207 e. The number of carbonyl (C=O) groups is 1. The number of aryl methyl sites for hydroxylation is 1. The molecule has 2 rings (SSSR count). The van der Waals surface area contributed by atoms with Gasteiger partial charge in [-0.15, -0.1) is 0 Å². The number of hydrogen-bond donors (Lipinski definition) is 2. The minimum Gasteiger partial charge on any atom is -0.385 e. The normalized spacial score (nSPS) is 14.3. The lowest BCUT2D eigenvalue weighted by Crippen LogP contribution is -2.40. The Labute approximate surface area is 115 Å². The molecule has 0 aromatic carbocycles. The molecule has 4 nitrogen and oxygen atoms in total. The largest absolute Gasteiger partial charge is 0.385 e. The minimum absolute atomic E-state index is 0.0434.